The van der Waals surface area contributed by atoms with Gasteiger partial charge in [-0.15, -0.1) is 22.7 Å². The van der Waals surface area contributed by atoms with Crippen LogP contribution in [0.5, 0.6) is 0 Å². The van der Waals surface area contributed by atoms with Crippen molar-refractivity contribution < 1.29 is 76.1 Å². The van der Waals surface area contributed by atoms with Gasteiger partial charge in [0.2, 0.25) is 17.7 Å². The van der Waals surface area contributed by atoms with Gasteiger partial charge in [0.25, 0.3) is 53.1 Å². The maximum Gasteiger partial charge on any atom is 0.309 e. The molecular formula is C55H54N16O16S2. The average molecular weight is 1260 g/mol. The number of methoxy groups -OCH3 is 1. The number of nitrogens with two attached hydrogens (primary N) is 1. The standard InChI is InChI=1S/C55H54N16O16S2/c1-12-30-51-70-38(28(10)86-51)48(82)60-24(6)43(77)61-25(7)50-65-33(17-85-50)39-29(14-16-32(62-39)44(78)59-23(5)42(76)58-22(4)41(75)57-21(3)40(56)74)54-66-35(18-88-54)46(80)68-36(26(8)73)47(81)64-31(15-13-20(2)72)37-27(9)87-52(69-37)49(83)71-53(84-11)55-67-34(19-89-55)45(79)63-30/h12,14-20,26,36,53,72-73H,3-7,13H2,1-2,8-11H3,(H2,56,74)(H,57,75)(H,58,76)(H,59,78)(H,60,82)(H,61,77)(H,63,79)(H,64,81)(H,68,80)(H,71,83)/b30-12-,31-15-. The van der Waals surface area contributed by atoms with Crippen LogP contribution in [0.3, 0.4) is 0 Å². The molecule has 34 heteroatoms. The van der Waals surface area contributed by atoms with Crippen LogP contribution in [0.2, 0.25) is 0 Å². The molecule has 0 aliphatic carbocycles. The normalized spacial score (nSPS) is 17.0. The van der Waals surface area contributed by atoms with Crippen LogP contribution in [0.4, 0.5) is 0 Å². The number of carbonyl (C=O) groups is 10. The summed E-state index contributed by atoms with van der Waals surface area (Å²) < 4.78 is 22.6. The van der Waals surface area contributed by atoms with Crippen LogP contribution in [0.1, 0.15) is 120 Å². The van der Waals surface area contributed by atoms with E-state index in [1.807, 2.05) is 5.32 Å². The molecule has 6 aromatic heterocycles. The minimum absolute atomic E-state index is 0.000615. The van der Waals surface area contributed by atoms with Crippen molar-refractivity contribution in [2.75, 3.05) is 7.11 Å². The number of oxazole rings is 3. The number of primary amides is 1. The lowest BCUT2D eigenvalue weighted by molar-refractivity contribution is -0.124. The average Bonchev–Trinajstić information content (AvgIpc) is 1.84. The van der Waals surface area contributed by atoms with Crippen molar-refractivity contribution >= 4 is 98.8 Å². The molecule has 1 aliphatic rings. The highest BCUT2D eigenvalue weighted by Gasteiger charge is 2.32. The zero-order chi connectivity index (χ0) is 65.3. The Morgan fingerprint density at radius 3 is 1.99 bits per heavy atom. The highest BCUT2D eigenvalue weighted by molar-refractivity contribution is 7.13. The van der Waals surface area contributed by atoms with E-state index in [9.17, 15) is 58.2 Å². The third kappa shape index (κ3) is 15.6. The van der Waals surface area contributed by atoms with E-state index in [1.165, 1.54) is 69.8 Å². The number of hydrogen-bond acceptors (Lipinski definition) is 24. The fourth-order valence-corrected chi connectivity index (χ4v) is 9.09. The minimum Gasteiger partial charge on any atom is -0.443 e. The number of thiazole rings is 2. The van der Waals surface area contributed by atoms with Crippen LogP contribution in [0, 0.1) is 13.8 Å². The maximum absolute atomic E-state index is 14.1. The molecule has 13 N–H and O–H groups in total. The molecule has 0 saturated carbocycles. The lowest BCUT2D eigenvalue weighted by atomic mass is 10.1. The van der Waals surface area contributed by atoms with Crippen LogP contribution in [-0.2, 0) is 28.7 Å². The van der Waals surface area contributed by atoms with Gasteiger partial charge in [-0.3, -0.25) is 47.9 Å². The van der Waals surface area contributed by atoms with Crippen LogP contribution in [0.25, 0.3) is 39.1 Å². The number of aliphatic hydroxyl groups excluding tert-OH is 2. The van der Waals surface area contributed by atoms with Crippen LogP contribution < -0.4 is 53.6 Å². The number of nitrogens with zero attached hydrogens (tertiary/aromatic N) is 6. The van der Waals surface area contributed by atoms with Gasteiger partial charge < -0.3 is 81.8 Å². The molecule has 6 aromatic rings. The van der Waals surface area contributed by atoms with Crippen LogP contribution in [0.15, 0.2) is 110 Å². The fourth-order valence-electron chi connectivity index (χ4n) is 7.44. The molecule has 89 heavy (non-hydrogen) atoms. The Bertz CT molecular complexity index is 4050. The number of aryl methyl sites for hydroxylation is 2. The first-order valence-corrected chi connectivity index (χ1v) is 27.5. The number of pyridine rings is 1. The summed E-state index contributed by atoms with van der Waals surface area (Å²) in [6.45, 7) is 24.7. The van der Waals surface area contributed by atoms with Crippen molar-refractivity contribution in [3.05, 3.63) is 160 Å². The molecule has 0 radical (unpaired) electrons. The topological polar surface area (TPSA) is 471 Å². The lowest BCUT2D eigenvalue weighted by Gasteiger charge is -2.21. The van der Waals surface area contributed by atoms with Crippen molar-refractivity contribution in [3.8, 4) is 22.0 Å². The van der Waals surface area contributed by atoms with Gasteiger partial charge in [-0.05, 0) is 53.2 Å². The maximum atomic E-state index is 14.1. The summed E-state index contributed by atoms with van der Waals surface area (Å²) in [5.74, 6) is -11.1. The number of aromatic nitrogens is 6. The van der Waals surface area contributed by atoms with Gasteiger partial charge in [-0.1, -0.05) is 45.0 Å². The number of carbonyl (C=O) groups excluding carboxylic acids is 10. The summed E-state index contributed by atoms with van der Waals surface area (Å²) in [5, 5.41) is 45.3. The van der Waals surface area contributed by atoms with Crippen molar-refractivity contribution in [2.45, 2.75) is 65.5 Å². The van der Waals surface area contributed by atoms with Crippen LogP contribution in [-0.4, -0.2) is 125 Å². The molecule has 10 bridgehead atoms. The minimum atomic E-state index is -1.71. The Kier molecular flexibility index (Phi) is 20.5. The van der Waals surface area contributed by atoms with E-state index in [2.05, 4.69) is 105 Å². The van der Waals surface area contributed by atoms with Gasteiger partial charge in [0.15, 0.2) is 11.9 Å². The number of ether oxygens (including phenoxy) is 1. The highest BCUT2D eigenvalue weighted by Crippen LogP contribution is 2.34. The molecule has 462 valence electrons. The smallest absolute Gasteiger partial charge is 0.309 e. The molecule has 0 fully saturated rings. The number of hydrogen-bond donors (Lipinski definition) is 12. The molecule has 7 rings (SSSR count). The van der Waals surface area contributed by atoms with Crippen molar-refractivity contribution in [2.24, 2.45) is 5.73 Å². The van der Waals surface area contributed by atoms with Crippen molar-refractivity contribution in [1.82, 2.24) is 77.8 Å². The molecule has 32 nitrogen and oxygen atoms in total. The Morgan fingerprint density at radius 2 is 1.33 bits per heavy atom. The van der Waals surface area contributed by atoms with E-state index in [-0.39, 0.29) is 96.6 Å². The Hall–Kier alpha value is -11.2. The first kappa shape index (κ1) is 65.3. The van der Waals surface area contributed by atoms with E-state index in [0.29, 0.717) is 0 Å². The zero-order valence-corrected chi connectivity index (χ0v) is 49.4. The van der Waals surface area contributed by atoms with Gasteiger partial charge in [-0.25, -0.2) is 29.9 Å². The summed E-state index contributed by atoms with van der Waals surface area (Å²) in [4.78, 5) is 159. The molecule has 1 aliphatic heterocycles. The van der Waals surface area contributed by atoms with Crippen molar-refractivity contribution in [1.29, 1.82) is 0 Å². The van der Waals surface area contributed by atoms with E-state index in [0.717, 1.165) is 28.9 Å². The Labute approximate surface area is 510 Å². The molecule has 4 atom stereocenters. The van der Waals surface area contributed by atoms with Crippen molar-refractivity contribution in [3.63, 3.8) is 0 Å². The van der Waals surface area contributed by atoms with E-state index in [1.54, 1.807) is 6.92 Å². The van der Waals surface area contributed by atoms with Gasteiger partial charge >= 0.3 is 5.91 Å². The predicted molar refractivity (Wildman–Crippen MR) is 313 cm³/mol. The molecular weight excluding hydrogens is 1200 g/mol. The third-order valence-electron chi connectivity index (χ3n) is 12.0. The third-order valence-corrected chi connectivity index (χ3v) is 13.8. The number of nitrogens with one attached hydrogen (secondary N) is 9. The predicted octanol–water partition coefficient (Wildman–Crippen LogP) is 1.52. The molecule has 0 saturated heterocycles. The second kappa shape index (κ2) is 27.9. The van der Waals surface area contributed by atoms with Gasteiger partial charge in [0, 0.05) is 23.4 Å². The Morgan fingerprint density at radius 1 is 0.697 bits per heavy atom. The summed E-state index contributed by atoms with van der Waals surface area (Å²) in [6, 6.07) is 0.815. The number of aliphatic hydroxyl groups is 2. The second-order valence-corrected chi connectivity index (χ2v) is 20.5. The quantitative estimate of drug-likeness (QED) is 0.0818. The number of fused-ring (bicyclic) bond motifs is 13. The summed E-state index contributed by atoms with van der Waals surface area (Å²) in [5.41, 5.74) is 0.969. The second-order valence-electron chi connectivity index (χ2n) is 18.7. The number of allylic oxidation sites excluding steroid dienone is 1. The summed E-state index contributed by atoms with van der Waals surface area (Å²) >= 11 is 1.81. The van der Waals surface area contributed by atoms with E-state index < -0.39 is 118 Å². The zero-order valence-electron chi connectivity index (χ0n) is 47.8. The Balaban J connectivity index is 1.24. The fraction of sp³-hybridized carbons (Fsp3) is 0.200. The molecule has 0 aromatic carbocycles. The van der Waals surface area contributed by atoms with Gasteiger partial charge in [0.05, 0.1) is 46.4 Å². The lowest BCUT2D eigenvalue weighted by Crippen LogP contribution is -2.52. The van der Waals surface area contributed by atoms with Gasteiger partial charge in [-0.2, -0.15) is 0 Å². The number of amides is 10. The highest BCUT2D eigenvalue weighted by atomic mass is 32.1. The molecule has 0 spiro atoms. The van der Waals surface area contributed by atoms with Crippen LogP contribution >= 0.6 is 22.7 Å². The summed E-state index contributed by atoms with van der Waals surface area (Å²) in [6.07, 6.45) is -0.0446. The monoisotopic (exact) mass is 1260 g/mol. The van der Waals surface area contributed by atoms with E-state index >= 15 is 0 Å². The van der Waals surface area contributed by atoms with E-state index in [4.69, 9.17) is 23.7 Å². The molecule has 4 unspecified atom stereocenters. The SMILES string of the molecule is C=C(NC(=O)C(=C)NC(=O)C(=C)NC(=O)c1ccc2c(n1)-c1coc(n1)C(=C)NC(=O)C(=C)NC(=O)c1nc(oc1C)/C(=C/C)NC(=O)c1csc(n1)C(OC)NC(=O)c1nc(c(C)o1)/C(=C/CC(C)O)NC(=O)C(C(C)O)NC(=O)c1csc-2n1)C(N)=O. The number of rotatable bonds is 11. The molecule has 7 heterocycles. The first-order chi connectivity index (χ1) is 42.1. The van der Waals surface area contributed by atoms with Gasteiger partial charge in [0.1, 0.15) is 73.7 Å². The first-order valence-electron chi connectivity index (χ1n) is 25.7. The molecule has 10 amide bonds. The summed E-state index contributed by atoms with van der Waals surface area (Å²) in [7, 11) is 1.25. The largest absolute Gasteiger partial charge is 0.443 e.